The van der Waals surface area contributed by atoms with Crippen LogP contribution in [0.3, 0.4) is 0 Å². The zero-order valence-corrected chi connectivity index (χ0v) is 14.3. The highest BCUT2D eigenvalue weighted by Gasteiger charge is 2.29. The summed E-state index contributed by atoms with van der Waals surface area (Å²) >= 11 is 0. The number of carbonyl (C=O) groups is 1. The first-order chi connectivity index (χ1) is 11.2. The number of amides is 2. The van der Waals surface area contributed by atoms with Gasteiger partial charge in [-0.1, -0.05) is 26.0 Å². The maximum absolute atomic E-state index is 12.5. The minimum absolute atomic E-state index is 0.244. The van der Waals surface area contributed by atoms with E-state index in [0.717, 1.165) is 12.1 Å². The smallest absolute Gasteiger partial charge is 0.381 e. The highest BCUT2D eigenvalue weighted by atomic mass is 19.4. The summed E-state index contributed by atoms with van der Waals surface area (Å²) in [4.78, 5) is 13.3. The second-order valence-electron chi connectivity index (χ2n) is 6.10. The van der Waals surface area contributed by atoms with Gasteiger partial charge in [0.1, 0.15) is 0 Å². The van der Waals surface area contributed by atoms with Gasteiger partial charge >= 0.3 is 12.2 Å². The first kappa shape index (κ1) is 20.3. The molecule has 0 atom stereocenters. The van der Waals surface area contributed by atoms with Gasteiger partial charge < -0.3 is 15.0 Å². The predicted octanol–water partition coefficient (Wildman–Crippen LogP) is 3.91. The Kier molecular flexibility index (Phi) is 8.04. The fourth-order valence-corrected chi connectivity index (χ4v) is 1.97. The summed E-state index contributed by atoms with van der Waals surface area (Å²) in [5.41, 5.74) is -0.0549. The Morgan fingerprint density at radius 1 is 1.25 bits per heavy atom. The van der Waals surface area contributed by atoms with Gasteiger partial charge in [-0.25, -0.2) is 4.79 Å². The first-order valence-corrected chi connectivity index (χ1v) is 7.93. The summed E-state index contributed by atoms with van der Waals surface area (Å²) < 4.78 is 42.9. The lowest BCUT2D eigenvalue weighted by Crippen LogP contribution is -2.37. The molecule has 0 saturated carbocycles. The van der Waals surface area contributed by atoms with Gasteiger partial charge in [0.05, 0.1) is 5.56 Å². The molecule has 24 heavy (non-hydrogen) atoms. The van der Waals surface area contributed by atoms with Gasteiger partial charge in [0.15, 0.2) is 0 Å². The van der Waals surface area contributed by atoms with Gasteiger partial charge in [0, 0.05) is 33.4 Å². The third-order valence-corrected chi connectivity index (χ3v) is 3.24. The fourth-order valence-electron chi connectivity index (χ4n) is 1.97. The molecule has 0 spiro atoms. The van der Waals surface area contributed by atoms with Crippen molar-refractivity contribution < 1.29 is 22.7 Å². The van der Waals surface area contributed by atoms with Gasteiger partial charge in [0.25, 0.3) is 0 Å². The Bertz CT molecular complexity index is 502. The summed E-state index contributed by atoms with van der Waals surface area (Å²) in [7, 11) is 1.60. The number of hydrogen-bond donors (Lipinski definition) is 1. The van der Waals surface area contributed by atoms with Gasteiger partial charge in [0.2, 0.25) is 0 Å². The molecule has 0 radical (unpaired) electrons. The number of nitrogens with zero attached hydrogens (tertiary/aromatic N) is 1. The van der Waals surface area contributed by atoms with Crippen molar-refractivity contribution in [2.24, 2.45) is 5.92 Å². The molecule has 0 saturated heterocycles. The number of hydrogen-bond acceptors (Lipinski definition) is 2. The average molecular weight is 346 g/mol. The van der Waals surface area contributed by atoms with Crippen molar-refractivity contribution >= 4 is 6.03 Å². The van der Waals surface area contributed by atoms with E-state index in [1.165, 1.54) is 17.0 Å². The average Bonchev–Trinajstić information content (AvgIpc) is 2.49. The number of rotatable bonds is 8. The van der Waals surface area contributed by atoms with E-state index in [1.54, 1.807) is 7.05 Å². The van der Waals surface area contributed by atoms with E-state index < -0.39 is 11.7 Å². The molecular formula is C17H25F3N2O2. The number of alkyl halides is 3. The number of carbonyl (C=O) groups excluding carboxylic acids is 1. The van der Waals surface area contributed by atoms with Gasteiger partial charge in [-0.05, 0) is 30.0 Å². The number of ether oxygens (including phenoxy) is 1. The second-order valence-corrected chi connectivity index (χ2v) is 6.10. The van der Waals surface area contributed by atoms with Crippen LogP contribution in [0.1, 0.15) is 31.4 Å². The van der Waals surface area contributed by atoms with Crippen LogP contribution < -0.4 is 5.32 Å². The number of nitrogens with one attached hydrogen (secondary N) is 1. The molecule has 0 heterocycles. The summed E-state index contributed by atoms with van der Waals surface area (Å²) in [6.45, 7) is 6.15. The molecule has 0 aliphatic carbocycles. The van der Waals surface area contributed by atoms with Crippen LogP contribution >= 0.6 is 0 Å². The van der Waals surface area contributed by atoms with Crippen LogP contribution in [0.5, 0.6) is 0 Å². The molecule has 0 fully saturated rings. The van der Waals surface area contributed by atoms with Crippen LogP contribution in [0.25, 0.3) is 0 Å². The molecule has 1 rings (SSSR count). The molecule has 1 aromatic carbocycles. The minimum atomic E-state index is -4.35. The predicted molar refractivity (Wildman–Crippen MR) is 86.6 cm³/mol. The zero-order valence-electron chi connectivity index (χ0n) is 14.3. The summed E-state index contributed by atoms with van der Waals surface area (Å²) in [5.74, 6) is 0.481. The van der Waals surface area contributed by atoms with Crippen LogP contribution in [0.4, 0.5) is 18.0 Å². The lowest BCUT2D eigenvalue weighted by atomic mass is 10.1. The maximum Gasteiger partial charge on any atom is 0.416 e. The first-order valence-electron chi connectivity index (χ1n) is 7.93. The van der Waals surface area contributed by atoms with Crippen molar-refractivity contribution in [1.29, 1.82) is 0 Å². The molecule has 7 heteroatoms. The SMILES string of the molecule is CC(C)COCCCNC(=O)N(C)Cc1ccc(C(F)(F)F)cc1. The molecule has 4 nitrogen and oxygen atoms in total. The maximum atomic E-state index is 12.5. The Morgan fingerprint density at radius 3 is 2.42 bits per heavy atom. The third-order valence-electron chi connectivity index (χ3n) is 3.24. The van der Waals surface area contributed by atoms with E-state index in [-0.39, 0.29) is 12.6 Å². The van der Waals surface area contributed by atoms with Crippen LogP contribution in [0, 0.1) is 5.92 Å². The lowest BCUT2D eigenvalue weighted by Gasteiger charge is -2.18. The highest BCUT2D eigenvalue weighted by molar-refractivity contribution is 5.73. The van der Waals surface area contributed by atoms with E-state index >= 15 is 0 Å². The summed E-state index contributed by atoms with van der Waals surface area (Å²) in [6, 6.07) is 4.54. The standard InChI is InChI=1S/C17H25F3N2O2/c1-13(2)12-24-10-4-9-21-16(23)22(3)11-14-5-7-15(8-6-14)17(18,19)20/h5-8,13H,4,9-12H2,1-3H3,(H,21,23). The number of halogens is 3. The second kappa shape index (κ2) is 9.52. The normalized spacial score (nSPS) is 11.6. The van der Waals surface area contributed by atoms with Crippen molar-refractivity contribution in [2.45, 2.75) is 33.0 Å². The minimum Gasteiger partial charge on any atom is -0.381 e. The molecule has 136 valence electrons. The van der Waals surface area contributed by atoms with Gasteiger partial charge in [-0.3, -0.25) is 0 Å². The quantitative estimate of drug-likeness (QED) is 0.725. The summed E-state index contributed by atoms with van der Waals surface area (Å²) in [5, 5.41) is 2.75. The van der Waals surface area contributed by atoms with Crippen LogP contribution in [-0.2, 0) is 17.5 Å². The Labute approximate surface area is 141 Å². The van der Waals surface area contributed by atoms with Crippen molar-refractivity contribution in [2.75, 3.05) is 26.8 Å². The summed E-state index contributed by atoms with van der Waals surface area (Å²) in [6.07, 6.45) is -3.63. The number of benzene rings is 1. The molecule has 0 aliphatic heterocycles. The molecule has 0 aromatic heterocycles. The van der Waals surface area contributed by atoms with Crippen molar-refractivity contribution in [3.8, 4) is 0 Å². The number of urea groups is 1. The molecular weight excluding hydrogens is 321 g/mol. The molecule has 1 aromatic rings. The zero-order chi connectivity index (χ0) is 18.2. The van der Waals surface area contributed by atoms with Gasteiger partial charge in [-0.15, -0.1) is 0 Å². The Morgan fingerprint density at radius 2 is 1.88 bits per heavy atom. The van der Waals surface area contributed by atoms with Crippen LogP contribution in [0.2, 0.25) is 0 Å². The molecule has 1 N–H and O–H groups in total. The van der Waals surface area contributed by atoms with Crippen LogP contribution in [-0.4, -0.2) is 37.7 Å². The Balaban J connectivity index is 2.31. The highest BCUT2D eigenvalue weighted by Crippen LogP contribution is 2.29. The van der Waals surface area contributed by atoms with Crippen LogP contribution in [0.15, 0.2) is 24.3 Å². The van der Waals surface area contributed by atoms with E-state index in [9.17, 15) is 18.0 Å². The Hall–Kier alpha value is -1.76. The van der Waals surface area contributed by atoms with Gasteiger partial charge in [-0.2, -0.15) is 13.2 Å². The van der Waals surface area contributed by atoms with Crippen molar-refractivity contribution in [3.63, 3.8) is 0 Å². The molecule has 0 unspecified atom stereocenters. The van der Waals surface area contributed by atoms with E-state index in [2.05, 4.69) is 19.2 Å². The topological polar surface area (TPSA) is 41.6 Å². The lowest BCUT2D eigenvalue weighted by molar-refractivity contribution is -0.137. The molecule has 0 aliphatic rings. The van der Waals surface area contributed by atoms with E-state index in [1.807, 2.05) is 0 Å². The van der Waals surface area contributed by atoms with Crippen molar-refractivity contribution in [3.05, 3.63) is 35.4 Å². The largest absolute Gasteiger partial charge is 0.416 e. The third kappa shape index (κ3) is 7.68. The monoisotopic (exact) mass is 346 g/mol. The van der Waals surface area contributed by atoms with E-state index in [4.69, 9.17) is 4.74 Å². The van der Waals surface area contributed by atoms with Crippen molar-refractivity contribution in [1.82, 2.24) is 10.2 Å². The molecule has 0 bridgehead atoms. The molecule has 2 amide bonds. The fraction of sp³-hybridized carbons (Fsp3) is 0.588. The van der Waals surface area contributed by atoms with E-state index in [0.29, 0.717) is 37.7 Å².